The average Bonchev–Trinajstić information content (AvgIpc) is 3.10. The van der Waals surface area contributed by atoms with Gasteiger partial charge in [0, 0.05) is 19.0 Å². The first-order valence-electron chi connectivity index (χ1n) is 7.77. The molecule has 2 heterocycles. The molecule has 1 aromatic heterocycles. The molecule has 0 bridgehead atoms. The molecule has 1 aromatic carbocycles. The fourth-order valence-corrected chi connectivity index (χ4v) is 3.66. The summed E-state index contributed by atoms with van der Waals surface area (Å²) >= 11 is 1.61. The number of likely N-dealkylation sites (N-methyl/N-ethyl adjacent to an activating group) is 2. The minimum Gasteiger partial charge on any atom is -0.356 e. The molecule has 2 amide bonds. The Morgan fingerprint density at radius 2 is 2.04 bits per heavy atom. The van der Waals surface area contributed by atoms with Crippen LogP contribution in [0.15, 0.2) is 47.8 Å². The molecule has 0 saturated carbocycles. The maximum Gasteiger partial charge on any atom is 0.254 e. The highest BCUT2D eigenvalue weighted by Crippen LogP contribution is 2.30. The summed E-state index contributed by atoms with van der Waals surface area (Å²) in [5.74, 6) is -0.231. The number of hydrogen-bond donors (Lipinski definition) is 0. The van der Waals surface area contributed by atoms with Gasteiger partial charge >= 0.3 is 0 Å². The van der Waals surface area contributed by atoms with Crippen molar-refractivity contribution in [3.8, 4) is 0 Å². The predicted octanol–water partition coefficient (Wildman–Crippen LogP) is 2.31. The van der Waals surface area contributed by atoms with E-state index in [1.807, 2.05) is 47.8 Å². The third-order valence-corrected chi connectivity index (χ3v) is 5.08. The van der Waals surface area contributed by atoms with Gasteiger partial charge in [-0.05, 0) is 17.0 Å². The molecule has 6 heteroatoms. The maximum absolute atomic E-state index is 12.9. The molecule has 1 saturated heterocycles. The van der Waals surface area contributed by atoms with Crippen molar-refractivity contribution in [1.82, 2.24) is 9.80 Å². The van der Waals surface area contributed by atoms with Crippen LogP contribution in [0.25, 0.3) is 0 Å². The highest BCUT2D eigenvalue weighted by Gasteiger charge is 2.41. The minimum absolute atomic E-state index is 0.0664. The summed E-state index contributed by atoms with van der Waals surface area (Å²) in [5.41, 5.74) is 0.899. The van der Waals surface area contributed by atoms with E-state index in [0.29, 0.717) is 6.54 Å². The molecule has 0 radical (unpaired) electrons. The van der Waals surface area contributed by atoms with Crippen molar-refractivity contribution in [2.24, 2.45) is 0 Å². The summed E-state index contributed by atoms with van der Waals surface area (Å²) in [4.78, 5) is 29.4. The first kappa shape index (κ1) is 16.7. The zero-order valence-corrected chi connectivity index (χ0v) is 14.5. The first-order valence-corrected chi connectivity index (χ1v) is 8.65. The normalized spacial score (nSPS) is 20.9. The van der Waals surface area contributed by atoms with Gasteiger partial charge in [-0.25, -0.2) is 0 Å². The van der Waals surface area contributed by atoms with Gasteiger partial charge < -0.3 is 14.5 Å². The Morgan fingerprint density at radius 1 is 1.29 bits per heavy atom. The van der Waals surface area contributed by atoms with Crippen molar-refractivity contribution in [3.05, 3.63) is 58.3 Å². The molecule has 1 fully saturated rings. The van der Waals surface area contributed by atoms with Gasteiger partial charge in [0.1, 0.15) is 6.61 Å². The SMILES string of the molecule is CN(Cc1cccs1)C(=O)[C@H]1OCC(=O)N(C)[C@@H]1c1ccccc1. The minimum atomic E-state index is -0.694. The summed E-state index contributed by atoms with van der Waals surface area (Å²) in [5, 5.41) is 1.99. The molecule has 0 aliphatic carbocycles. The summed E-state index contributed by atoms with van der Waals surface area (Å²) in [6.45, 7) is 0.471. The Balaban J connectivity index is 1.83. The van der Waals surface area contributed by atoms with E-state index < -0.39 is 12.1 Å². The summed E-state index contributed by atoms with van der Waals surface area (Å²) < 4.78 is 5.65. The van der Waals surface area contributed by atoms with Crippen molar-refractivity contribution in [2.45, 2.75) is 18.7 Å². The Kier molecular flexibility index (Phi) is 4.97. The number of morpholine rings is 1. The van der Waals surface area contributed by atoms with Crippen molar-refractivity contribution in [3.63, 3.8) is 0 Å². The van der Waals surface area contributed by atoms with Gasteiger partial charge in [-0.2, -0.15) is 0 Å². The molecule has 2 atom stereocenters. The number of nitrogens with zero attached hydrogens (tertiary/aromatic N) is 2. The average molecular weight is 344 g/mol. The monoisotopic (exact) mass is 344 g/mol. The quantitative estimate of drug-likeness (QED) is 0.855. The molecular formula is C18H20N2O3S. The molecule has 24 heavy (non-hydrogen) atoms. The van der Waals surface area contributed by atoms with E-state index in [9.17, 15) is 9.59 Å². The largest absolute Gasteiger partial charge is 0.356 e. The van der Waals surface area contributed by atoms with Crippen LogP contribution in [0.3, 0.4) is 0 Å². The topological polar surface area (TPSA) is 49.9 Å². The van der Waals surface area contributed by atoms with Crippen LogP contribution in [-0.4, -0.2) is 48.4 Å². The highest BCUT2D eigenvalue weighted by atomic mass is 32.1. The van der Waals surface area contributed by atoms with Crippen LogP contribution in [0, 0.1) is 0 Å². The fraction of sp³-hybridized carbons (Fsp3) is 0.333. The number of ether oxygens (including phenoxy) is 1. The lowest BCUT2D eigenvalue weighted by Gasteiger charge is -2.39. The smallest absolute Gasteiger partial charge is 0.254 e. The van der Waals surface area contributed by atoms with Gasteiger partial charge in [0.05, 0.1) is 12.6 Å². The second-order valence-electron chi connectivity index (χ2n) is 5.87. The highest BCUT2D eigenvalue weighted by molar-refractivity contribution is 7.09. The zero-order chi connectivity index (χ0) is 17.1. The van der Waals surface area contributed by atoms with Gasteiger partial charge in [-0.3, -0.25) is 9.59 Å². The first-order chi connectivity index (χ1) is 11.6. The Labute approximate surface area is 145 Å². The van der Waals surface area contributed by atoms with E-state index in [-0.39, 0.29) is 18.4 Å². The number of rotatable bonds is 4. The van der Waals surface area contributed by atoms with Crippen LogP contribution in [0.4, 0.5) is 0 Å². The molecular weight excluding hydrogens is 324 g/mol. The zero-order valence-electron chi connectivity index (χ0n) is 13.7. The van der Waals surface area contributed by atoms with E-state index in [2.05, 4.69) is 0 Å². The standard InChI is InChI=1S/C18H20N2O3S/c1-19(11-14-9-6-10-24-14)18(22)17-16(13-7-4-3-5-8-13)20(2)15(21)12-23-17/h3-10,16-17H,11-12H2,1-2H3/t16-,17+/m1/s1. The summed E-state index contributed by atoms with van der Waals surface area (Å²) in [7, 11) is 3.49. The lowest BCUT2D eigenvalue weighted by Crippen LogP contribution is -2.53. The second-order valence-corrected chi connectivity index (χ2v) is 6.90. The molecule has 0 spiro atoms. The Bertz CT molecular complexity index is 702. The van der Waals surface area contributed by atoms with E-state index in [1.54, 1.807) is 35.2 Å². The van der Waals surface area contributed by atoms with Crippen molar-refractivity contribution >= 4 is 23.2 Å². The van der Waals surface area contributed by atoms with E-state index in [1.165, 1.54) is 0 Å². The molecule has 3 rings (SSSR count). The molecule has 5 nitrogen and oxygen atoms in total. The van der Waals surface area contributed by atoms with E-state index in [4.69, 9.17) is 4.74 Å². The Morgan fingerprint density at radius 3 is 2.71 bits per heavy atom. The summed E-state index contributed by atoms with van der Waals surface area (Å²) in [6, 6.07) is 13.1. The number of carbonyl (C=O) groups excluding carboxylic acids is 2. The van der Waals surface area contributed by atoms with Gasteiger partial charge in [-0.15, -0.1) is 11.3 Å². The van der Waals surface area contributed by atoms with Gasteiger partial charge in [0.25, 0.3) is 5.91 Å². The fourth-order valence-electron chi connectivity index (χ4n) is 2.90. The third-order valence-electron chi connectivity index (χ3n) is 4.22. The van der Waals surface area contributed by atoms with Gasteiger partial charge in [0.15, 0.2) is 6.10 Å². The van der Waals surface area contributed by atoms with Gasteiger partial charge in [-0.1, -0.05) is 36.4 Å². The summed E-state index contributed by atoms with van der Waals surface area (Å²) in [6.07, 6.45) is -0.694. The van der Waals surface area contributed by atoms with Crippen LogP contribution in [0.2, 0.25) is 0 Å². The third kappa shape index (κ3) is 3.34. The molecule has 2 aromatic rings. The van der Waals surface area contributed by atoms with Crippen molar-refractivity contribution in [2.75, 3.05) is 20.7 Å². The van der Waals surface area contributed by atoms with Crippen LogP contribution in [0.1, 0.15) is 16.5 Å². The predicted molar refractivity (Wildman–Crippen MR) is 92.5 cm³/mol. The van der Waals surface area contributed by atoms with Crippen LogP contribution in [-0.2, 0) is 20.9 Å². The van der Waals surface area contributed by atoms with E-state index in [0.717, 1.165) is 10.4 Å². The van der Waals surface area contributed by atoms with Crippen LogP contribution < -0.4 is 0 Å². The number of amides is 2. The molecule has 126 valence electrons. The number of thiophene rings is 1. The molecule has 0 unspecified atom stereocenters. The maximum atomic E-state index is 12.9. The number of hydrogen-bond acceptors (Lipinski definition) is 4. The van der Waals surface area contributed by atoms with Gasteiger partial charge in [0.2, 0.25) is 5.91 Å². The van der Waals surface area contributed by atoms with Crippen LogP contribution >= 0.6 is 11.3 Å². The number of benzene rings is 1. The molecule has 0 N–H and O–H groups in total. The number of carbonyl (C=O) groups is 2. The van der Waals surface area contributed by atoms with Crippen molar-refractivity contribution in [1.29, 1.82) is 0 Å². The van der Waals surface area contributed by atoms with Crippen molar-refractivity contribution < 1.29 is 14.3 Å². The lowest BCUT2D eigenvalue weighted by molar-refractivity contribution is -0.167. The van der Waals surface area contributed by atoms with Crippen LogP contribution in [0.5, 0.6) is 0 Å². The molecule has 1 aliphatic heterocycles. The molecule has 1 aliphatic rings. The second kappa shape index (κ2) is 7.15. The van der Waals surface area contributed by atoms with E-state index >= 15 is 0 Å². The Hall–Kier alpha value is -2.18. The lowest BCUT2D eigenvalue weighted by atomic mass is 9.97.